The van der Waals surface area contributed by atoms with Gasteiger partial charge in [0.15, 0.2) is 11.7 Å². The lowest BCUT2D eigenvalue weighted by molar-refractivity contribution is -0.140. The first-order valence-corrected chi connectivity index (χ1v) is 9.29. The predicted molar refractivity (Wildman–Crippen MR) is 94.9 cm³/mol. The molecule has 1 aliphatic rings. The maximum atomic E-state index is 12.7. The number of aliphatic imine (C=N–C) groups is 1. The van der Waals surface area contributed by atoms with Gasteiger partial charge < -0.3 is 15.1 Å². The normalized spacial score (nSPS) is 16.7. The Labute approximate surface area is 155 Å². The van der Waals surface area contributed by atoms with E-state index in [9.17, 15) is 18.0 Å². The zero-order valence-electron chi connectivity index (χ0n) is 15.1. The molecular formula is C16H24F3N5OS. The summed E-state index contributed by atoms with van der Waals surface area (Å²) < 4.78 is 38.0. The summed E-state index contributed by atoms with van der Waals surface area (Å²) in [5.74, 6) is 1.03. The number of carbonyl (C=O) groups is 1. The fraction of sp³-hybridized carbons (Fsp3) is 0.688. The van der Waals surface area contributed by atoms with Crippen molar-refractivity contribution >= 4 is 23.2 Å². The highest BCUT2D eigenvalue weighted by molar-refractivity contribution is 7.09. The largest absolute Gasteiger partial charge is 0.434 e. The highest BCUT2D eigenvalue weighted by Crippen LogP contribution is 2.29. The van der Waals surface area contributed by atoms with Crippen molar-refractivity contribution in [3.8, 4) is 0 Å². The minimum atomic E-state index is -4.44. The number of likely N-dealkylation sites (tertiary alicyclic amines) is 1. The zero-order valence-corrected chi connectivity index (χ0v) is 16.0. The first kappa shape index (κ1) is 20.5. The van der Waals surface area contributed by atoms with E-state index in [4.69, 9.17) is 0 Å². The van der Waals surface area contributed by atoms with Crippen LogP contribution in [0.2, 0.25) is 0 Å². The van der Waals surface area contributed by atoms with Gasteiger partial charge in [-0.1, -0.05) is 6.92 Å². The monoisotopic (exact) mass is 391 g/mol. The van der Waals surface area contributed by atoms with Crippen LogP contribution in [0.25, 0.3) is 0 Å². The summed E-state index contributed by atoms with van der Waals surface area (Å²) in [6.45, 7) is 3.92. The lowest BCUT2D eigenvalue weighted by Gasteiger charge is -2.33. The first-order valence-electron chi connectivity index (χ1n) is 8.42. The van der Waals surface area contributed by atoms with E-state index in [-0.39, 0.29) is 19.0 Å². The standard InChI is InChI=1S/C16H24F3N5OS/c1-11-4-6-24(7-5-11)15(21-9-14(25)23(2)3)20-8-13-22-12(10-26-13)16(17,18)19/h10-11H,4-9H2,1-3H3,(H,20,21). The van der Waals surface area contributed by atoms with Gasteiger partial charge in [0.1, 0.15) is 11.6 Å². The van der Waals surface area contributed by atoms with E-state index < -0.39 is 11.9 Å². The highest BCUT2D eigenvalue weighted by atomic mass is 32.1. The van der Waals surface area contributed by atoms with Crippen LogP contribution in [-0.2, 0) is 17.5 Å². The Morgan fingerprint density at radius 2 is 2.08 bits per heavy atom. The van der Waals surface area contributed by atoms with E-state index in [2.05, 4.69) is 22.2 Å². The van der Waals surface area contributed by atoms with Crippen LogP contribution < -0.4 is 5.32 Å². The fourth-order valence-electron chi connectivity index (χ4n) is 2.45. The van der Waals surface area contributed by atoms with E-state index in [1.165, 1.54) is 4.90 Å². The van der Waals surface area contributed by atoms with Crippen molar-refractivity contribution in [3.05, 3.63) is 16.1 Å². The zero-order chi connectivity index (χ0) is 19.3. The Bertz CT molecular complexity index is 636. The number of guanidine groups is 1. The van der Waals surface area contributed by atoms with Crippen LogP contribution in [0.5, 0.6) is 0 Å². The lowest BCUT2D eigenvalue weighted by Crippen LogP contribution is -2.45. The van der Waals surface area contributed by atoms with Crippen LogP contribution in [0.1, 0.15) is 30.5 Å². The summed E-state index contributed by atoms with van der Waals surface area (Å²) >= 11 is 0.952. The van der Waals surface area contributed by atoms with Gasteiger partial charge >= 0.3 is 6.18 Å². The molecule has 6 nitrogen and oxygen atoms in total. The third-order valence-electron chi connectivity index (χ3n) is 4.19. The number of amides is 1. The highest BCUT2D eigenvalue weighted by Gasteiger charge is 2.33. The summed E-state index contributed by atoms with van der Waals surface area (Å²) in [5, 5.41) is 4.40. The number of rotatable bonds is 4. The molecule has 1 aromatic rings. The molecule has 0 saturated carbocycles. The quantitative estimate of drug-likeness (QED) is 0.633. The number of thiazole rings is 1. The third-order valence-corrected chi connectivity index (χ3v) is 5.03. The van der Waals surface area contributed by atoms with Crippen molar-refractivity contribution in [1.82, 2.24) is 20.1 Å². The molecule has 0 bridgehead atoms. The summed E-state index contributed by atoms with van der Waals surface area (Å²) in [6, 6.07) is 0. The van der Waals surface area contributed by atoms with E-state index in [1.54, 1.807) is 14.1 Å². The van der Waals surface area contributed by atoms with Crippen LogP contribution in [-0.4, -0.2) is 60.4 Å². The summed E-state index contributed by atoms with van der Waals surface area (Å²) in [5.41, 5.74) is -0.882. The van der Waals surface area contributed by atoms with Crippen molar-refractivity contribution < 1.29 is 18.0 Å². The van der Waals surface area contributed by atoms with Gasteiger partial charge in [0.05, 0.1) is 6.54 Å². The van der Waals surface area contributed by atoms with Gasteiger partial charge in [0, 0.05) is 32.6 Å². The van der Waals surface area contributed by atoms with Crippen molar-refractivity contribution in [3.63, 3.8) is 0 Å². The van der Waals surface area contributed by atoms with Gasteiger partial charge in [-0.2, -0.15) is 13.2 Å². The van der Waals surface area contributed by atoms with Crippen LogP contribution in [0.4, 0.5) is 13.2 Å². The number of carbonyl (C=O) groups excluding carboxylic acids is 1. The van der Waals surface area contributed by atoms with Gasteiger partial charge in [-0.05, 0) is 18.8 Å². The van der Waals surface area contributed by atoms with Gasteiger partial charge in [-0.25, -0.2) is 9.98 Å². The Kier molecular flexibility index (Phi) is 6.85. The molecule has 0 radical (unpaired) electrons. The molecule has 1 amide bonds. The average Bonchev–Trinajstić information content (AvgIpc) is 3.05. The van der Waals surface area contributed by atoms with Crippen molar-refractivity contribution in [2.75, 3.05) is 33.7 Å². The van der Waals surface area contributed by atoms with E-state index >= 15 is 0 Å². The van der Waals surface area contributed by atoms with Crippen molar-refractivity contribution in [1.29, 1.82) is 0 Å². The minimum Gasteiger partial charge on any atom is -0.350 e. The molecule has 0 unspecified atom stereocenters. The summed E-state index contributed by atoms with van der Waals surface area (Å²) in [7, 11) is 3.31. The molecule has 0 spiro atoms. The van der Waals surface area contributed by atoms with E-state index in [1.807, 2.05) is 4.90 Å². The molecule has 1 fully saturated rings. The molecule has 2 heterocycles. The topological polar surface area (TPSA) is 60.8 Å². The van der Waals surface area contributed by atoms with Crippen LogP contribution in [0.15, 0.2) is 10.4 Å². The fourth-order valence-corrected chi connectivity index (χ4v) is 3.19. The predicted octanol–water partition coefficient (Wildman–Crippen LogP) is 2.43. The van der Waals surface area contributed by atoms with Crippen molar-refractivity contribution in [2.45, 2.75) is 32.5 Å². The SMILES string of the molecule is CC1CCN(C(=NCC(=O)N(C)C)NCc2nc(C(F)(F)F)cs2)CC1. The molecule has 26 heavy (non-hydrogen) atoms. The molecular weight excluding hydrogens is 367 g/mol. The number of nitrogens with zero attached hydrogens (tertiary/aromatic N) is 4. The minimum absolute atomic E-state index is 0.00689. The molecule has 1 N–H and O–H groups in total. The number of halogens is 3. The number of aromatic nitrogens is 1. The maximum absolute atomic E-state index is 12.7. The molecule has 0 aromatic carbocycles. The van der Waals surface area contributed by atoms with E-state index in [0.717, 1.165) is 42.6 Å². The number of nitrogens with one attached hydrogen (secondary N) is 1. The smallest absolute Gasteiger partial charge is 0.350 e. The van der Waals surface area contributed by atoms with Gasteiger partial charge in [-0.3, -0.25) is 4.79 Å². The van der Waals surface area contributed by atoms with Gasteiger partial charge in [0.25, 0.3) is 0 Å². The molecule has 1 aromatic heterocycles. The molecule has 0 aliphatic carbocycles. The average molecular weight is 391 g/mol. The molecule has 146 valence electrons. The lowest BCUT2D eigenvalue weighted by atomic mass is 10.00. The summed E-state index contributed by atoms with van der Waals surface area (Å²) in [6.07, 6.45) is -2.41. The number of likely N-dealkylation sites (N-methyl/N-ethyl adjacent to an activating group) is 1. The second kappa shape index (κ2) is 8.70. The Hall–Kier alpha value is -1.84. The molecule has 0 atom stereocenters. The first-order chi connectivity index (χ1) is 12.2. The molecule has 1 aliphatic heterocycles. The summed E-state index contributed by atoms with van der Waals surface area (Å²) in [4.78, 5) is 23.3. The van der Waals surface area contributed by atoms with E-state index in [0.29, 0.717) is 16.9 Å². The second-order valence-corrected chi connectivity index (χ2v) is 7.52. The molecule has 1 saturated heterocycles. The third kappa shape index (κ3) is 5.86. The number of alkyl halides is 3. The molecule has 2 rings (SSSR count). The molecule has 10 heteroatoms. The second-order valence-electron chi connectivity index (χ2n) is 6.58. The van der Waals surface area contributed by atoms with Crippen LogP contribution in [0.3, 0.4) is 0 Å². The number of hydrogen-bond donors (Lipinski definition) is 1. The van der Waals surface area contributed by atoms with Crippen molar-refractivity contribution in [2.24, 2.45) is 10.9 Å². The van der Waals surface area contributed by atoms with Gasteiger partial charge in [0.2, 0.25) is 5.91 Å². The Balaban J connectivity index is 2.04. The Morgan fingerprint density at radius 1 is 1.42 bits per heavy atom. The number of piperidine rings is 1. The van der Waals surface area contributed by atoms with Gasteiger partial charge in [-0.15, -0.1) is 11.3 Å². The number of hydrogen-bond acceptors (Lipinski definition) is 4. The van der Waals surface area contributed by atoms with Crippen LogP contribution in [0, 0.1) is 5.92 Å². The Morgan fingerprint density at radius 3 is 2.62 bits per heavy atom. The van der Waals surface area contributed by atoms with Crippen LogP contribution >= 0.6 is 11.3 Å². The maximum Gasteiger partial charge on any atom is 0.434 e.